The highest BCUT2D eigenvalue weighted by Crippen LogP contribution is 2.22. The van der Waals surface area contributed by atoms with E-state index in [-0.39, 0.29) is 19.1 Å². The summed E-state index contributed by atoms with van der Waals surface area (Å²) in [6.07, 6.45) is -1.02. The minimum Gasteiger partial charge on any atom is -0.491 e. The number of ether oxygens (including phenoxy) is 1. The molecule has 3 rings (SSSR count). The number of β-amino-alcohol motifs (C(OH)–C–C–N with tert-alkyl or cyclic N) is 1. The van der Waals surface area contributed by atoms with Crippen molar-refractivity contribution >= 4 is 23.4 Å². The number of amides is 3. The largest absolute Gasteiger partial charge is 0.491 e. The Hall–Kier alpha value is -3.19. The number of nitrogens with zero attached hydrogens (tertiary/aromatic N) is 1. The standard InChI is InChI=1S/C19H18N2O5/c1-12(22)20-13-6-8-15(9-7-13)26-11-14(23)10-21-18(24)16-4-2-3-5-17(16)19(21)25/h2-9,14,23H,10-11H2,1H3,(H,20,22). The molecule has 0 aromatic heterocycles. The number of nitrogens with one attached hydrogen (secondary N) is 1. The van der Waals surface area contributed by atoms with E-state index in [4.69, 9.17) is 4.74 Å². The lowest BCUT2D eigenvalue weighted by molar-refractivity contribution is -0.114. The lowest BCUT2D eigenvalue weighted by Crippen LogP contribution is -2.39. The van der Waals surface area contributed by atoms with Crippen molar-refractivity contribution < 1.29 is 24.2 Å². The van der Waals surface area contributed by atoms with Crippen LogP contribution >= 0.6 is 0 Å². The Balaban J connectivity index is 1.55. The van der Waals surface area contributed by atoms with Gasteiger partial charge < -0.3 is 15.2 Å². The quantitative estimate of drug-likeness (QED) is 0.770. The van der Waals surface area contributed by atoms with Crippen LogP contribution in [0.5, 0.6) is 5.75 Å². The minimum absolute atomic E-state index is 0.0765. The second-order valence-corrected chi connectivity index (χ2v) is 5.94. The molecule has 7 heteroatoms. The molecule has 3 amide bonds. The Morgan fingerprint density at radius 1 is 1.08 bits per heavy atom. The van der Waals surface area contributed by atoms with Gasteiger partial charge in [0.15, 0.2) is 0 Å². The summed E-state index contributed by atoms with van der Waals surface area (Å²) in [5, 5.41) is 12.8. The third-order valence-electron chi connectivity index (χ3n) is 3.89. The zero-order chi connectivity index (χ0) is 18.7. The summed E-state index contributed by atoms with van der Waals surface area (Å²) in [6.45, 7) is 1.20. The number of carbonyl (C=O) groups excluding carboxylic acids is 3. The van der Waals surface area contributed by atoms with Gasteiger partial charge in [-0.3, -0.25) is 19.3 Å². The molecule has 2 aromatic carbocycles. The smallest absolute Gasteiger partial charge is 0.261 e. The fraction of sp³-hybridized carbons (Fsp3) is 0.211. The number of anilines is 1. The average molecular weight is 354 g/mol. The van der Waals surface area contributed by atoms with E-state index in [9.17, 15) is 19.5 Å². The lowest BCUT2D eigenvalue weighted by Gasteiger charge is -2.19. The highest BCUT2D eigenvalue weighted by Gasteiger charge is 2.36. The molecule has 1 aliphatic heterocycles. The van der Waals surface area contributed by atoms with Crippen LogP contribution in [0.4, 0.5) is 5.69 Å². The van der Waals surface area contributed by atoms with Crippen molar-refractivity contribution in [1.82, 2.24) is 4.90 Å². The van der Waals surface area contributed by atoms with Crippen LogP contribution < -0.4 is 10.1 Å². The van der Waals surface area contributed by atoms with Gasteiger partial charge in [0.1, 0.15) is 18.5 Å². The van der Waals surface area contributed by atoms with E-state index in [0.717, 1.165) is 4.90 Å². The zero-order valence-corrected chi connectivity index (χ0v) is 14.1. The molecule has 1 aliphatic rings. The van der Waals surface area contributed by atoms with E-state index in [1.807, 2.05) is 0 Å². The maximum absolute atomic E-state index is 12.3. The van der Waals surface area contributed by atoms with Crippen LogP contribution in [0, 0.1) is 0 Å². The first-order valence-electron chi connectivity index (χ1n) is 8.09. The Bertz CT molecular complexity index is 812. The van der Waals surface area contributed by atoms with Gasteiger partial charge in [0.25, 0.3) is 11.8 Å². The normalized spacial score (nSPS) is 14.2. The van der Waals surface area contributed by atoms with Crippen molar-refractivity contribution in [2.45, 2.75) is 13.0 Å². The van der Waals surface area contributed by atoms with E-state index in [1.165, 1.54) is 6.92 Å². The van der Waals surface area contributed by atoms with E-state index < -0.39 is 17.9 Å². The molecule has 7 nitrogen and oxygen atoms in total. The monoisotopic (exact) mass is 354 g/mol. The molecule has 0 saturated carbocycles. The van der Waals surface area contributed by atoms with Crippen molar-refractivity contribution in [3.63, 3.8) is 0 Å². The lowest BCUT2D eigenvalue weighted by atomic mass is 10.1. The molecule has 26 heavy (non-hydrogen) atoms. The summed E-state index contributed by atoms with van der Waals surface area (Å²) in [6, 6.07) is 13.2. The molecular formula is C19H18N2O5. The van der Waals surface area contributed by atoms with Crippen LogP contribution in [0.15, 0.2) is 48.5 Å². The Labute approximate surface area is 150 Å². The highest BCUT2D eigenvalue weighted by atomic mass is 16.5. The molecule has 0 fully saturated rings. The maximum Gasteiger partial charge on any atom is 0.261 e. The predicted molar refractivity (Wildman–Crippen MR) is 94.1 cm³/mol. The van der Waals surface area contributed by atoms with Crippen molar-refractivity contribution in [1.29, 1.82) is 0 Å². The summed E-state index contributed by atoms with van der Waals surface area (Å²) in [5.74, 6) is -0.496. The van der Waals surface area contributed by atoms with Gasteiger partial charge in [0, 0.05) is 12.6 Å². The molecule has 1 atom stereocenters. The van der Waals surface area contributed by atoms with Crippen molar-refractivity contribution in [2.24, 2.45) is 0 Å². The van der Waals surface area contributed by atoms with E-state index >= 15 is 0 Å². The van der Waals surface area contributed by atoms with Gasteiger partial charge in [-0.2, -0.15) is 0 Å². The van der Waals surface area contributed by atoms with Crippen LogP contribution in [-0.2, 0) is 4.79 Å². The number of fused-ring (bicyclic) bond motifs is 1. The molecular weight excluding hydrogens is 336 g/mol. The van der Waals surface area contributed by atoms with E-state index in [0.29, 0.717) is 22.6 Å². The molecule has 0 spiro atoms. The van der Waals surface area contributed by atoms with Gasteiger partial charge in [0.05, 0.1) is 17.7 Å². The molecule has 0 saturated heterocycles. The second kappa shape index (κ2) is 7.37. The summed E-state index contributed by atoms with van der Waals surface area (Å²) < 4.78 is 5.47. The number of hydrogen-bond acceptors (Lipinski definition) is 5. The predicted octanol–water partition coefficient (Wildman–Crippen LogP) is 1.68. The molecule has 134 valence electrons. The zero-order valence-electron chi connectivity index (χ0n) is 14.1. The second-order valence-electron chi connectivity index (χ2n) is 5.94. The number of aliphatic hydroxyl groups is 1. The minimum atomic E-state index is -1.02. The number of carbonyl (C=O) groups is 3. The number of hydrogen-bond donors (Lipinski definition) is 2. The fourth-order valence-corrected chi connectivity index (χ4v) is 2.70. The average Bonchev–Trinajstić information content (AvgIpc) is 2.86. The van der Waals surface area contributed by atoms with Crippen LogP contribution in [0.2, 0.25) is 0 Å². The third kappa shape index (κ3) is 3.73. The Morgan fingerprint density at radius 2 is 1.65 bits per heavy atom. The van der Waals surface area contributed by atoms with Crippen LogP contribution in [-0.4, -0.2) is 47.0 Å². The number of rotatable bonds is 6. The third-order valence-corrected chi connectivity index (χ3v) is 3.89. The number of aliphatic hydroxyl groups excluding tert-OH is 1. The highest BCUT2D eigenvalue weighted by molar-refractivity contribution is 6.21. The Kier molecular flexibility index (Phi) is 4.99. The summed E-state index contributed by atoms with van der Waals surface area (Å²) >= 11 is 0. The fourth-order valence-electron chi connectivity index (χ4n) is 2.70. The van der Waals surface area contributed by atoms with Gasteiger partial charge in [-0.15, -0.1) is 0 Å². The molecule has 0 radical (unpaired) electrons. The van der Waals surface area contributed by atoms with Crippen LogP contribution in [0.3, 0.4) is 0 Å². The molecule has 1 unspecified atom stereocenters. The van der Waals surface area contributed by atoms with Crippen molar-refractivity contribution in [2.75, 3.05) is 18.5 Å². The van der Waals surface area contributed by atoms with Gasteiger partial charge >= 0.3 is 0 Å². The molecule has 2 aromatic rings. The molecule has 1 heterocycles. The number of benzene rings is 2. The van der Waals surface area contributed by atoms with Gasteiger partial charge in [-0.05, 0) is 36.4 Å². The molecule has 2 N–H and O–H groups in total. The van der Waals surface area contributed by atoms with Crippen molar-refractivity contribution in [3.8, 4) is 5.75 Å². The van der Waals surface area contributed by atoms with E-state index in [2.05, 4.69) is 5.32 Å². The van der Waals surface area contributed by atoms with E-state index in [1.54, 1.807) is 48.5 Å². The first kappa shape index (κ1) is 17.6. The SMILES string of the molecule is CC(=O)Nc1ccc(OCC(O)CN2C(=O)c3ccccc3C2=O)cc1. The molecule has 0 bridgehead atoms. The molecule has 0 aliphatic carbocycles. The van der Waals surface area contributed by atoms with Crippen LogP contribution in [0.1, 0.15) is 27.6 Å². The van der Waals surface area contributed by atoms with Gasteiger partial charge in [-0.1, -0.05) is 12.1 Å². The van der Waals surface area contributed by atoms with Gasteiger partial charge in [-0.25, -0.2) is 0 Å². The summed E-state index contributed by atoms with van der Waals surface area (Å²) in [7, 11) is 0. The maximum atomic E-state index is 12.3. The van der Waals surface area contributed by atoms with Crippen LogP contribution in [0.25, 0.3) is 0 Å². The van der Waals surface area contributed by atoms with Crippen molar-refractivity contribution in [3.05, 3.63) is 59.7 Å². The Morgan fingerprint density at radius 3 is 2.19 bits per heavy atom. The first-order valence-corrected chi connectivity index (χ1v) is 8.09. The topological polar surface area (TPSA) is 95.9 Å². The summed E-state index contributed by atoms with van der Waals surface area (Å²) in [5.41, 5.74) is 1.33. The first-order chi connectivity index (χ1) is 12.5. The number of imide groups is 1. The summed E-state index contributed by atoms with van der Waals surface area (Å²) in [4.78, 5) is 36.5. The van der Waals surface area contributed by atoms with Gasteiger partial charge in [0.2, 0.25) is 5.91 Å².